The van der Waals surface area contributed by atoms with Gasteiger partial charge in [-0.15, -0.1) is 0 Å². The highest BCUT2D eigenvalue weighted by Gasteiger charge is 2.23. The third-order valence-electron chi connectivity index (χ3n) is 4.87. The summed E-state index contributed by atoms with van der Waals surface area (Å²) in [4.78, 5) is 31.4. The van der Waals surface area contributed by atoms with Gasteiger partial charge in [0.25, 0.3) is 11.8 Å². The first-order valence-corrected chi connectivity index (χ1v) is 9.20. The summed E-state index contributed by atoms with van der Waals surface area (Å²) in [7, 11) is 1.55. The SMILES string of the molecule is COc1ccc(C)cc1NC(=O)c1cccc(C(=O)N2CCC(C)CC2)n1. The van der Waals surface area contributed by atoms with Crippen LogP contribution in [-0.4, -0.2) is 41.9 Å². The lowest BCUT2D eigenvalue weighted by atomic mass is 9.99. The Bertz CT molecular complexity index is 842. The van der Waals surface area contributed by atoms with E-state index in [-0.39, 0.29) is 17.5 Å². The van der Waals surface area contributed by atoms with Gasteiger partial charge in [0.1, 0.15) is 17.1 Å². The molecule has 1 N–H and O–H groups in total. The lowest BCUT2D eigenvalue weighted by Crippen LogP contribution is -2.38. The van der Waals surface area contributed by atoms with E-state index in [9.17, 15) is 9.59 Å². The molecule has 0 saturated carbocycles. The van der Waals surface area contributed by atoms with Gasteiger partial charge in [-0.05, 0) is 55.5 Å². The molecule has 142 valence electrons. The maximum atomic E-state index is 12.7. The molecule has 2 aromatic rings. The number of carbonyl (C=O) groups is 2. The van der Waals surface area contributed by atoms with Gasteiger partial charge in [0.15, 0.2) is 0 Å². The van der Waals surface area contributed by atoms with E-state index in [1.807, 2.05) is 24.0 Å². The Kier molecular flexibility index (Phi) is 5.74. The van der Waals surface area contributed by atoms with Crippen molar-refractivity contribution < 1.29 is 14.3 Å². The monoisotopic (exact) mass is 367 g/mol. The first-order valence-electron chi connectivity index (χ1n) is 9.20. The highest BCUT2D eigenvalue weighted by atomic mass is 16.5. The van der Waals surface area contributed by atoms with E-state index >= 15 is 0 Å². The number of methoxy groups -OCH3 is 1. The molecule has 6 nitrogen and oxygen atoms in total. The Morgan fingerprint density at radius 3 is 2.56 bits per heavy atom. The van der Waals surface area contributed by atoms with Gasteiger partial charge >= 0.3 is 0 Å². The molecule has 0 radical (unpaired) electrons. The third-order valence-corrected chi connectivity index (χ3v) is 4.87. The van der Waals surface area contributed by atoms with E-state index in [1.165, 1.54) is 0 Å². The number of ether oxygens (including phenoxy) is 1. The zero-order valence-electron chi connectivity index (χ0n) is 16.0. The summed E-state index contributed by atoms with van der Waals surface area (Å²) in [5.74, 6) is 0.720. The second kappa shape index (κ2) is 8.20. The summed E-state index contributed by atoms with van der Waals surface area (Å²) in [6.45, 7) is 5.61. The molecule has 1 saturated heterocycles. The lowest BCUT2D eigenvalue weighted by Gasteiger charge is -2.30. The van der Waals surface area contributed by atoms with Crippen molar-refractivity contribution in [1.29, 1.82) is 0 Å². The van der Waals surface area contributed by atoms with E-state index in [0.29, 0.717) is 23.0 Å². The maximum absolute atomic E-state index is 12.7. The van der Waals surface area contributed by atoms with Crippen LogP contribution in [0.2, 0.25) is 0 Å². The van der Waals surface area contributed by atoms with E-state index in [0.717, 1.165) is 31.5 Å². The van der Waals surface area contributed by atoms with Crippen molar-refractivity contribution in [3.05, 3.63) is 53.3 Å². The van der Waals surface area contributed by atoms with Crippen LogP contribution < -0.4 is 10.1 Å². The molecule has 0 aliphatic carbocycles. The summed E-state index contributed by atoms with van der Waals surface area (Å²) < 4.78 is 5.29. The fourth-order valence-electron chi connectivity index (χ4n) is 3.16. The molecule has 6 heteroatoms. The van der Waals surface area contributed by atoms with Crippen LogP contribution >= 0.6 is 0 Å². The van der Waals surface area contributed by atoms with Gasteiger partial charge in [0.05, 0.1) is 12.8 Å². The van der Waals surface area contributed by atoms with Gasteiger partial charge in [-0.25, -0.2) is 4.98 Å². The number of rotatable bonds is 4. The fraction of sp³-hybridized carbons (Fsp3) is 0.381. The van der Waals surface area contributed by atoms with Gasteiger partial charge < -0.3 is 15.0 Å². The van der Waals surface area contributed by atoms with Crippen molar-refractivity contribution in [3.63, 3.8) is 0 Å². The van der Waals surface area contributed by atoms with Gasteiger partial charge in [-0.2, -0.15) is 0 Å². The van der Waals surface area contributed by atoms with E-state index in [1.54, 1.807) is 31.4 Å². The Hall–Kier alpha value is -2.89. The molecule has 27 heavy (non-hydrogen) atoms. The number of aromatic nitrogens is 1. The van der Waals surface area contributed by atoms with Crippen LogP contribution in [0.1, 0.15) is 46.3 Å². The summed E-state index contributed by atoms with van der Waals surface area (Å²) in [6, 6.07) is 10.5. The summed E-state index contributed by atoms with van der Waals surface area (Å²) >= 11 is 0. The molecule has 1 aromatic heterocycles. The van der Waals surface area contributed by atoms with E-state index in [4.69, 9.17) is 4.74 Å². The van der Waals surface area contributed by atoms with E-state index < -0.39 is 0 Å². The number of amides is 2. The third kappa shape index (κ3) is 4.45. The Morgan fingerprint density at radius 1 is 1.15 bits per heavy atom. The van der Waals surface area contributed by atoms with E-state index in [2.05, 4.69) is 17.2 Å². The average Bonchev–Trinajstić information content (AvgIpc) is 2.68. The predicted octanol–water partition coefficient (Wildman–Crippen LogP) is 3.52. The second-order valence-corrected chi connectivity index (χ2v) is 7.04. The first-order chi connectivity index (χ1) is 13.0. The Balaban J connectivity index is 1.76. The van der Waals surface area contributed by atoms with Crippen LogP contribution in [0.5, 0.6) is 5.75 Å². The van der Waals surface area contributed by atoms with Crippen molar-refractivity contribution in [3.8, 4) is 5.75 Å². The van der Waals surface area contributed by atoms with Crippen molar-refractivity contribution in [2.45, 2.75) is 26.7 Å². The standard InChI is InChI=1S/C21H25N3O3/c1-14-9-11-24(12-10-14)21(26)17-6-4-5-16(22-17)20(25)23-18-13-15(2)7-8-19(18)27-3/h4-8,13-14H,9-12H2,1-3H3,(H,23,25). The minimum atomic E-state index is -0.374. The van der Waals surface area contributed by atoms with Crippen LogP contribution in [0.15, 0.2) is 36.4 Å². The lowest BCUT2D eigenvalue weighted by molar-refractivity contribution is 0.0691. The number of anilines is 1. The van der Waals surface area contributed by atoms with Gasteiger partial charge in [0, 0.05) is 13.1 Å². The highest BCUT2D eigenvalue weighted by molar-refractivity contribution is 6.04. The van der Waals surface area contributed by atoms with Gasteiger partial charge in [-0.1, -0.05) is 19.1 Å². The number of pyridine rings is 1. The number of hydrogen-bond donors (Lipinski definition) is 1. The number of hydrogen-bond acceptors (Lipinski definition) is 4. The highest BCUT2D eigenvalue weighted by Crippen LogP contribution is 2.25. The smallest absolute Gasteiger partial charge is 0.274 e. The van der Waals surface area contributed by atoms with Crippen molar-refractivity contribution in [2.75, 3.05) is 25.5 Å². The molecule has 0 bridgehead atoms. The maximum Gasteiger partial charge on any atom is 0.274 e. The van der Waals surface area contributed by atoms with Gasteiger partial charge in [-0.3, -0.25) is 9.59 Å². The van der Waals surface area contributed by atoms with Crippen molar-refractivity contribution >= 4 is 17.5 Å². The zero-order chi connectivity index (χ0) is 19.4. The van der Waals surface area contributed by atoms with Crippen molar-refractivity contribution in [1.82, 2.24) is 9.88 Å². The van der Waals surface area contributed by atoms with Crippen LogP contribution in [-0.2, 0) is 0 Å². The normalized spacial score (nSPS) is 14.7. The first kappa shape index (κ1) is 18.9. The number of benzene rings is 1. The number of likely N-dealkylation sites (tertiary alicyclic amines) is 1. The molecule has 1 aliphatic rings. The second-order valence-electron chi connectivity index (χ2n) is 7.04. The van der Waals surface area contributed by atoms with Crippen LogP contribution in [0.4, 0.5) is 5.69 Å². The number of nitrogens with zero attached hydrogens (tertiary/aromatic N) is 2. The molecule has 0 atom stereocenters. The fourth-order valence-corrected chi connectivity index (χ4v) is 3.16. The summed E-state index contributed by atoms with van der Waals surface area (Å²) in [6.07, 6.45) is 2.00. The van der Waals surface area contributed by atoms with Gasteiger partial charge in [0.2, 0.25) is 0 Å². The molecule has 1 aromatic carbocycles. The molecule has 1 aliphatic heterocycles. The minimum absolute atomic E-state index is 0.121. The average molecular weight is 367 g/mol. The summed E-state index contributed by atoms with van der Waals surface area (Å²) in [5.41, 5.74) is 2.08. The molecule has 2 heterocycles. The number of carbonyl (C=O) groups excluding carboxylic acids is 2. The number of aryl methyl sites for hydroxylation is 1. The molecular formula is C21H25N3O3. The molecule has 3 rings (SSSR count). The molecular weight excluding hydrogens is 342 g/mol. The molecule has 0 unspecified atom stereocenters. The van der Waals surface area contributed by atoms with Crippen LogP contribution in [0, 0.1) is 12.8 Å². The molecule has 0 spiro atoms. The Morgan fingerprint density at radius 2 is 1.85 bits per heavy atom. The summed E-state index contributed by atoms with van der Waals surface area (Å²) in [5, 5.41) is 2.82. The molecule has 1 fully saturated rings. The quantitative estimate of drug-likeness (QED) is 0.897. The Labute approximate surface area is 159 Å². The number of piperidine rings is 1. The van der Waals surface area contributed by atoms with Crippen LogP contribution in [0.25, 0.3) is 0 Å². The van der Waals surface area contributed by atoms with Crippen molar-refractivity contribution in [2.24, 2.45) is 5.92 Å². The minimum Gasteiger partial charge on any atom is -0.495 e. The topological polar surface area (TPSA) is 71.5 Å². The predicted molar refractivity (Wildman–Crippen MR) is 104 cm³/mol. The molecule has 2 amide bonds. The van der Waals surface area contributed by atoms with Crippen LogP contribution in [0.3, 0.4) is 0 Å². The zero-order valence-corrected chi connectivity index (χ0v) is 16.0. The number of nitrogens with one attached hydrogen (secondary N) is 1. The largest absolute Gasteiger partial charge is 0.495 e.